The minimum Gasteiger partial charge on any atom is -0.457 e. The standard InChI is InChI=1S/C60H38N2O3/c1-37-45-28-25-44(62(42-27-31-55-52(34-42)49-23-13-14-24-54(49)64-55)53-33-39-15-9-10-20-46(39)47-21-11-12-22-48(47)53)36-57(45)65-56-32-30-51-50-29-26-43(35-58(50)63-38(2)60(51)59(37)56)61(40-16-5-3-6-17-40)41-18-7-4-8-19-41/h3-36H,1-2H2. The Bertz CT molecular complexity index is 3740. The normalized spacial score (nSPS) is 12.6. The van der Waals surface area contributed by atoms with Crippen molar-refractivity contribution in [1.82, 2.24) is 0 Å². The Morgan fingerprint density at radius 2 is 0.908 bits per heavy atom. The summed E-state index contributed by atoms with van der Waals surface area (Å²) >= 11 is 0. The molecule has 0 saturated carbocycles. The van der Waals surface area contributed by atoms with E-state index in [0.29, 0.717) is 11.5 Å². The van der Waals surface area contributed by atoms with Crippen molar-refractivity contribution in [2.45, 2.75) is 0 Å². The Morgan fingerprint density at radius 1 is 0.338 bits per heavy atom. The van der Waals surface area contributed by atoms with Gasteiger partial charge in [-0.15, -0.1) is 0 Å². The molecule has 0 saturated heterocycles. The first-order valence-corrected chi connectivity index (χ1v) is 21.8. The third-order valence-electron chi connectivity index (χ3n) is 12.9. The van der Waals surface area contributed by atoms with E-state index >= 15 is 0 Å². The van der Waals surface area contributed by atoms with Gasteiger partial charge in [0.25, 0.3) is 0 Å². The van der Waals surface area contributed by atoms with Crippen LogP contribution in [0.1, 0.15) is 16.7 Å². The number of fused-ring (bicyclic) bond motifs is 12. The van der Waals surface area contributed by atoms with E-state index in [1.165, 1.54) is 10.8 Å². The van der Waals surface area contributed by atoms with Crippen molar-refractivity contribution in [2.24, 2.45) is 0 Å². The Morgan fingerprint density at radius 3 is 1.68 bits per heavy atom. The van der Waals surface area contributed by atoms with Crippen molar-refractivity contribution in [3.8, 4) is 28.4 Å². The van der Waals surface area contributed by atoms with Crippen molar-refractivity contribution >= 4 is 88.9 Å². The maximum atomic E-state index is 6.93. The molecule has 0 unspecified atom stereocenters. The molecule has 0 N–H and O–H groups in total. The van der Waals surface area contributed by atoms with Crippen LogP contribution in [0.25, 0.3) is 65.9 Å². The lowest BCUT2D eigenvalue weighted by atomic mass is 9.85. The number of hydrogen-bond acceptors (Lipinski definition) is 5. The van der Waals surface area contributed by atoms with Crippen LogP contribution in [-0.2, 0) is 0 Å². The van der Waals surface area contributed by atoms with Gasteiger partial charge < -0.3 is 23.7 Å². The number of ether oxygens (including phenoxy) is 2. The fourth-order valence-electron chi connectivity index (χ4n) is 9.96. The average Bonchev–Trinajstić information content (AvgIpc) is 3.73. The summed E-state index contributed by atoms with van der Waals surface area (Å²) < 4.78 is 19.9. The molecule has 0 bridgehead atoms. The number of furan rings is 1. The molecule has 5 heteroatoms. The topological polar surface area (TPSA) is 38.1 Å². The average molecular weight is 835 g/mol. The summed E-state index contributed by atoms with van der Waals surface area (Å²) in [5.41, 5.74) is 13.3. The van der Waals surface area contributed by atoms with Gasteiger partial charge in [-0.3, -0.25) is 0 Å². The minimum absolute atomic E-state index is 0.550. The van der Waals surface area contributed by atoms with Crippen LogP contribution in [-0.4, -0.2) is 0 Å². The second kappa shape index (κ2) is 14.4. The molecule has 2 aliphatic heterocycles. The van der Waals surface area contributed by atoms with Crippen molar-refractivity contribution < 1.29 is 13.9 Å². The van der Waals surface area contributed by atoms with E-state index in [9.17, 15) is 0 Å². The summed E-state index contributed by atoms with van der Waals surface area (Å²) in [6.07, 6.45) is 0. The molecule has 0 radical (unpaired) electrons. The first-order valence-electron chi connectivity index (χ1n) is 21.8. The molecule has 13 rings (SSSR count). The molecule has 306 valence electrons. The van der Waals surface area contributed by atoms with Gasteiger partial charge in [0.2, 0.25) is 0 Å². The van der Waals surface area contributed by atoms with Gasteiger partial charge in [0, 0.05) is 79.0 Å². The highest BCUT2D eigenvalue weighted by Gasteiger charge is 2.32. The smallest absolute Gasteiger partial charge is 0.137 e. The van der Waals surface area contributed by atoms with Crippen molar-refractivity contribution in [3.05, 3.63) is 236 Å². The van der Waals surface area contributed by atoms with Gasteiger partial charge in [0.1, 0.15) is 34.2 Å². The van der Waals surface area contributed by atoms with Gasteiger partial charge in [0.05, 0.1) is 5.69 Å². The first kappa shape index (κ1) is 36.8. The Kier molecular flexibility index (Phi) is 8.14. The van der Waals surface area contributed by atoms with Crippen LogP contribution in [0.2, 0.25) is 0 Å². The SMILES string of the molecule is C=C1c2ccc(N(c3ccc4oc5ccccc5c4c3)c3cc4ccccc4c4ccccc34)cc2Oc2ccc3c(c21)C(=C)Oc1cc(N(c2ccccc2)c2ccccc2)ccc1-3. The number of rotatable bonds is 6. The van der Waals surface area contributed by atoms with E-state index in [2.05, 4.69) is 198 Å². The molecule has 1 aromatic heterocycles. The van der Waals surface area contributed by atoms with Crippen LogP contribution in [0.5, 0.6) is 17.2 Å². The number of para-hydroxylation sites is 3. The molecule has 10 aromatic carbocycles. The highest BCUT2D eigenvalue weighted by atomic mass is 16.5. The molecular formula is C60H38N2O3. The highest BCUT2D eigenvalue weighted by molar-refractivity contribution is 6.15. The molecule has 0 spiro atoms. The summed E-state index contributed by atoms with van der Waals surface area (Å²) in [4.78, 5) is 4.57. The van der Waals surface area contributed by atoms with E-state index in [1.807, 2.05) is 24.3 Å². The Labute approximate surface area is 375 Å². The fourth-order valence-corrected chi connectivity index (χ4v) is 9.96. The maximum absolute atomic E-state index is 6.93. The molecule has 2 aliphatic rings. The molecule has 0 amide bonds. The van der Waals surface area contributed by atoms with Gasteiger partial charge >= 0.3 is 0 Å². The van der Waals surface area contributed by atoms with Gasteiger partial charge in [-0.2, -0.15) is 0 Å². The third kappa shape index (κ3) is 5.79. The van der Waals surface area contributed by atoms with Crippen LogP contribution < -0.4 is 19.3 Å². The molecule has 3 heterocycles. The van der Waals surface area contributed by atoms with Crippen molar-refractivity contribution in [3.63, 3.8) is 0 Å². The summed E-state index contributed by atoms with van der Waals surface area (Å²) in [5, 5.41) is 6.83. The van der Waals surface area contributed by atoms with Crippen molar-refractivity contribution in [1.29, 1.82) is 0 Å². The molecule has 11 aromatic rings. The zero-order valence-corrected chi connectivity index (χ0v) is 35.2. The number of benzene rings is 10. The number of nitrogens with zero attached hydrogens (tertiary/aromatic N) is 2. The second-order valence-electron chi connectivity index (χ2n) is 16.6. The molecule has 0 fully saturated rings. The quantitative estimate of drug-likeness (QED) is 0.156. The first-order chi connectivity index (χ1) is 32.1. The Hall–Kier alpha value is -8.80. The predicted octanol–water partition coefficient (Wildman–Crippen LogP) is 17.0. The van der Waals surface area contributed by atoms with E-state index in [0.717, 1.165) is 112 Å². The van der Waals surface area contributed by atoms with E-state index in [4.69, 9.17) is 20.5 Å². The maximum Gasteiger partial charge on any atom is 0.137 e. The second-order valence-corrected chi connectivity index (χ2v) is 16.6. The summed E-state index contributed by atoms with van der Waals surface area (Å²) in [5.74, 6) is 2.72. The van der Waals surface area contributed by atoms with Gasteiger partial charge in [-0.25, -0.2) is 0 Å². The third-order valence-corrected chi connectivity index (χ3v) is 12.9. The largest absolute Gasteiger partial charge is 0.457 e. The van der Waals surface area contributed by atoms with Crippen LogP contribution in [0.3, 0.4) is 0 Å². The molecule has 65 heavy (non-hydrogen) atoms. The van der Waals surface area contributed by atoms with Gasteiger partial charge in [-0.1, -0.05) is 116 Å². The fraction of sp³-hybridized carbons (Fsp3) is 0. The zero-order valence-electron chi connectivity index (χ0n) is 35.2. The number of anilines is 6. The molecule has 0 aliphatic carbocycles. The highest BCUT2D eigenvalue weighted by Crippen LogP contribution is 2.54. The summed E-state index contributed by atoms with van der Waals surface area (Å²) in [6, 6.07) is 72.0. The zero-order chi connectivity index (χ0) is 43.2. The van der Waals surface area contributed by atoms with Crippen LogP contribution in [0.15, 0.2) is 224 Å². The van der Waals surface area contributed by atoms with Crippen LogP contribution in [0.4, 0.5) is 34.1 Å². The minimum atomic E-state index is 0.550. The monoisotopic (exact) mass is 834 g/mol. The molecule has 5 nitrogen and oxygen atoms in total. The lowest BCUT2D eigenvalue weighted by Gasteiger charge is -2.32. The predicted molar refractivity (Wildman–Crippen MR) is 268 cm³/mol. The van der Waals surface area contributed by atoms with E-state index in [-0.39, 0.29) is 0 Å². The molecule has 0 atom stereocenters. The van der Waals surface area contributed by atoms with E-state index < -0.39 is 0 Å². The van der Waals surface area contributed by atoms with Gasteiger partial charge in [-0.05, 0) is 118 Å². The Balaban J connectivity index is 0.925. The lowest BCUT2D eigenvalue weighted by molar-refractivity contribution is 0.471. The van der Waals surface area contributed by atoms with Gasteiger partial charge in [0.15, 0.2) is 0 Å². The van der Waals surface area contributed by atoms with Crippen LogP contribution >= 0.6 is 0 Å². The molecular weight excluding hydrogens is 797 g/mol. The van der Waals surface area contributed by atoms with Crippen molar-refractivity contribution in [2.75, 3.05) is 9.80 Å². The van der Waals surface area contributed by atoms with E-state index in [1.54, 1.807) is 0 Å². The van der Waals surface area contributed by atoms with Crippen LogP contribution in [0, 0.1) is 0 Å². The number of hydrogen-bond donors (Lipinski definition) is 0. The summed E-state index contributed by atoms with van der Waals surface area (Å²) in [6.45, 7) is 9.20. The lowest BCUT2D eigenvalue weighted by Crippen LogP contribution is -2.14. The summed E-state index contributed by atoms with van der Waals surface area (Å²) in [7, 11) is 0.